The minimum Gasteiger partial charge on any atom is -0.486 e. The number of rotatable bonds is 5. The van der Waals surface area contributed by atoms with Crippen molar-refractivity contribution in [1.29, 1.82) is 0 Å². The molecule has 2 aromatic carbocycles. The minimum atomic E-state index is -0.187. The molecule has 1 N–H and O–H groups in total. The van der Waals surface area contributed by atoms with Crippen molar-refractivity contribution in [3.63, 3.8) is 0 Å². The predicted octanol–water partition coefficient (Wildman–Crippen LogP) is 3.85. The van der Waals surface area contributed by atoms with E-state index in [1.165, 1.54) is 0 Å². The second kappa shape index (κ2) is 7.94. The van der Waals surface area contributed by atoms with Gasteiger partial charge in [0, 0.05) is 11.2 Å². The number of ether oxygens (including phenoxy) is 2. The topological polar surface area (TPSA) is 65.4 Å². The summed E-state index contributed by atoms with van der Waals surface area (Å²) in [5.41, 5.74) is 2.39. The molecule has 0 saturated heterocycles. The molecule has 1 atom stereocenters. The van der Waals surface area contributed by atoms with E-state index in [-0.39, 0.29) is 11.9 Å². The zero-order valence-electron chi connectivity index (χ0n) is 15.4. The van der Waals surface area contributed by atoms with Crippen molar-refractivity contribution >= 4 is 17.5 Å². The Morgan fingerprint density at radius 2 is 2.00 bits per heavy atom. The highest BCUT2D eigenvalue weighted by Gasteiger charge is 2.17. The van der Waals surface area contributed by atoms with E-state index in [2.05, 4.69) is 10.4 Å². The maximum atomic E-state index is 12.6. The van der Waals surface area contributed by atoms with Crippen LogP contribution in [0.1, 0.15) is 34.5 Å². The smallest absolute Gasteiger partial charge is 0.254 e. The largest absolute Gasteiger partial charge is 0.486 e. The van der Waals surface area contributed by atoms with Gasteiger partial charge in [0.2, 0.25) is 0 Å². The number of benzene rings is 2. The SMILES string of the molecule is CC(NC(=O)c1cnn(Cc2ccccc2Cl)c1)c1ccc2c(c1)OCCO2. The maximum absolute atomic E-state index is 12.6. The summed E-state index contributed by atoms with van der Waals surface area (Å²) in [6.45, 7) is 3.51. The van der Waals surface area contributed by atoms with E-state index in [0.29, 0.717) is 36.1 Å². The molecular weight excluding hydrogens is 378 g/mol. The van der Waals surface area contributed by atoms with Crippen molar-refractivity contribution in [1.82, 2.24) is 15.1 Å². The van der Waals surface area contributed by atoms with Gasteiger partial charge < -0.3 is 14.8 Å². The summed E-state index contributed by atoms with van der Waals surface area (Å²) >= 11 is 6.19. The lowest BCUT2D eigenvalue weighted by Gasteiger charge is -2.21. The molecule has 0 radical (unpaired) electrons. The number of hydrogen-bond donors (Lipinski definition) is 1. The van der Waals surface area contributed by atoms with Crippen LogP contribution in [-0.4, -0.2) is 28.9 Å². The molecular formula is C21H20ClN3O3. The van der Waals surface area contributed by atoms with Crippen molar-refractivity contribution in [2.24, 2.45) is 0 Å². The predicted molar refractivity (Wildman–Crippen MR) is 106 cm³/mol. The van der Waals surface area contributed by atoms with E-state index in [0.717, 1.165) is 16.9 Å². The monoisotopic (exact) mass is 397 g/mol. The molecule has 0 bridgehead atoms. The molecule has 0 aliphatic carbocycles. The average Bonchev–Trinajstić information content (AvgIpc) is 3.18. The fourth-order valence-corrected chi connectivity index (χ4v) is 3.26. The number of nitrogens with one attached hydrogen (secondary N) is 1. The van der Waals surface area contributed by atoms with Crippen LogP contribution in [0.25, 0.3) is 0 Å². The van der Waals surface area contributed by atoms with Crippen LogP contribution in [-0.2, 0) is 6.54 Å². The lowest BCUT2D eigenvalue weighted by atomic mass is 10.1. The summed E-state index contributed by atoms with van der Waals surface area (Å²) in [6, 6.07) is 13.1. The molecule has 0 fully saturated rings. The minimum absolute atomic E-state index is 0.185. The van der Waals surface area contributed by atoms with Crippen LogP contribution >= 0.6 is 11.6 Å². The number of carbonyl (C=O) groups is 1. The van der Waals surface area contributed by atoms with Crippen molar-refractivity contribution in [2.75, 3.05) is 13.2 Å². The summed E-state index contributed by atoms with van der Waals surface area (Å²) in [5, 5.41) is 7.94. The van der Waals surface area contributed by atoms with Crippen LogP contribution in [0.4, 0.5) is 0 Å². The number of halogens is 1. The standard InChI is InChI=1S/C21H20ClN3O3/c1-14(15-6-7-19-20(10-15)28-9-8-27-19)24-21(26)17-11-23-25(13-17)12-16-4-2-3-5-18(16)22/h2-7,10-11,13-14H,8-9,12H2,1H3,(H,24,26). The first-order valence-electron chi connectivity index (χ1n) is 9.06. The van der Waals surface area contributed by atoms with Crippen LogP contribution in [0.3, 0.4) is 0 Å². The number of fused-ring (bicyclic) bond motifs is 1. The van der Waals surface area contributed by atoms with Crippen LogP contribution < -0.4 is 14.8 Å². The van der Waals surface area contributed by atoms with E-state index in [4.69, 9.17) is 21.1 Å². The van der Waals surface area contributed by atoms with Crippen LogP contribution in [0.5, 0.6) is 11.5 Å². The molecule has 4 rings (SSSR count). The highest BCUT2D eigenvalue weighted by molar-refractivity contribution is 6.31. The summed E-state index contributed by atoms with van der Waals surface area (Å²) < 4.78 is 12.8. The van der Waals surface area contributed by atoms with Crippen LogP contribution in [0.2, 0.25) is 5.02 Å². The quantitative estimate of drug-likeness (QED) is 0.710. The molecule has 3 aromatic rings. The van der Waals surface area contributed by atoms with Crippen molar-refractivity contribution in [2.45, 2.75) is 19.5 Å². The molecule has 28 heavy (non-hydrogen) atoms. The lowest BCUT2D eigenvalue weighted by molar-refractivity contribution is 0.0939. The van der Waals surface area contributed by atoms with Gasteiger partial charge in [-0.25, -0.2) is 0 Å². The second-order valence-electron chi connectivity index (χ2n) is 6.62. The molecule has 6 nitrogen and oxygen atoms in total. The number of amides is 1. The van der Waals surface area contributed by atoms with E-state index >= 15 is 0 Å². The molecule has 1 unspecified atom stereocenters. The van der Waals surface area contributed by atoms with Crippen molar-refractivity contribution in [3.8, 4) is 11.5 Å². The Kier molecular flexibility index (Phi) is 5.21. The molecule has 1 aliphatic heterocycles. The van der Waals surface area contributed by atoms with E-state index in [1.54, 1.807) is 17.1 Å². The summed E-state index contributed by atoms with van der Waals surface area (Å²) in [7, 11) is 0. The Labute approximate surface area is 168 Å². The third kappa shape index (κ3) is 3.97. The van der Waals surface area contributed by atoms with E-state index in [1.807, 2.05) is 49.4 Å². The summed E-state index contributed by atoms with van der Waals surface area (Å²) in [6.07, 6.45) is 3.28. The fraction of sp³-hybridized carbons (Fsp3) is 0.238. The van der Waals surface area contributed by atoms with Gasteiger partial charge in [-0.3, -0.25) is 9.48 Å². The number of nitrogens with zero attached hydrogens (tertiary/aromatic N) is 2. The number of hydrogen-bond acceptors (Lipinski definition) is 4. The van der Waals surface area contributed by atoms with Gasteiger partial charge in [-0.2, -0.15) is 5.10 Å². The third-order valence-corrected chi connectivity index (χ3v) is 4.97. The van der Waals surface area contributed by atoms with E-state index < -0.39 is 0 Å². The Hall–Kier alpha value is -2.99. The first-order chi connectivity index (χ1) is 13.6. The summed E-state index contributed by atoms with van der Waals surface area (Å²) in [5.74, 6) is 1.25. The van der Waals surface area contributed by atoms with Gasteiger partial charge in [-0.15, -0.1) is 0 Å². The van der Waals surface area contributed by atoms with Gasteiger partial charge in [0.25, 0.3) is 5.91 Å². The van der Waals surface area contributed by atoms with Gasteiger partial charge in [0.15, 0.2) is 11.5 Å². The van der Waals surface area contributed by atoms with Gasteiger partial charge in [0.05, 0.1) is 24.3 Å². The van der Waals surface area contributed by atoms with Gasteiger partial charge in [0.1, 0.15) is 13.2 Å². The lowest BCUT2D eigenvalue weighted by Crippen LogP contribution is -2.26. The van der Waals surface area contributed by atoms with Crippen molar-refractivity contribution < 1.29 is 14.3 Å². The van der Waals surface area contributed by atoms with Gasteiger partial charge in [-0.05, 0) is 36.2 Å². The highest BCUT2D eigenvalue weighted by Crippen LogP contribution is 2.32. The maximum Gasteiger partial charge on any atom is 0.254 e. The number of carbonyl (C=O) groups excluding carboxylic acids is 1. The fourth-order valence-electron chi connectivity index (χ4n) is 3.06. The highest BCUT2D eigenvalue weighted by atomic mass is 35.5. The Balaban J connectivity index is 1.42. The molecule has 1 aromatic heterocycles. The number of aromatic nitrogens is 2. The zero-order valence-corrected chi connectivity index (χ0v) is 16.1. The molecule has 0 spiro atoms. The molecule has 7 heteroatoms. The second-order valence-corrected chi connectivity index (χ2v) is 7.02. The average molecular weight is 398 g/mol. The first-order valence-corrected chi connectivity index (χ1v) is 9.44. The Morgan fingerprint density at radius 1 is 1.21 bits per heavy atom. The molecule has 0 saturated carbocycles. The molecule has 1 amide bonds. The third-order valence-electron chi connectivity index (χ3n) is 4.60. The Bertz CT molecular complexity index is 1000. The van der Waals surface area contributed by atoms with E-state index in [9.17, 15) is 4.79 Å². The normalized spacial score (nSPS) is 13.8. The van der Waals surface area contributed by atoms with Crippen molar-refractivity contribution in [3.05, 3.63) is 76.6 Å². The zero-order chi connectivity index (χ0) is 19.5. The molecule has 144 valence electrons. The summed E-state index contributed by atoms with van der Waals surface area (Å²) in [4.78, 5) is 12.6. The van der Waals surface area contributed by atoms with Crippen LogP contribution in [0.15, 0.2) is 54.9 Å². The van der Waals surface area contributed by atoms with Gasteiger partial charge in [-0.1, -0.05) is 35.9 Å². The molecule has 1 aliphatic rings. The van der Waals surface area contributed by atoms with Crippen LogP contribution in [0, 0.1) is 0 Å². The van der Waals surface area contributed by atoms with Gasteiger partial charge >= 0.3 is 0 Å². The Morgan fingerprint density at radius 3 is 2.82 bits per heavy atom. The molecule has 2 heterocycles. The first kappa shape index (κ1) is 18.4.